The van der Waals surface area contributed by atoms with Crippen molar-refractivity contribution in [2.45, 2.75) is 58.3 Å². The number of carbonyl (C=O) groups excluding carboxylic acids is 1. The van der Waals surface area contributed by atoms with Crippen molar-refractivity contribution in [3.63, 3.8) is 0 Å². The third-order valence-corrected chi connectivity index (χ3v) is 3.09. The zero-order valence-electron chi connectivity index (χ0n) is 15.2. The van der Waals surface area contributed by atoms with Crippen molar-refractivity contribution in [1.82, 2.24) is 0 Å². The minimum atomic E-state index is -1.27. The molecule has 0 unspecified atom stereocenters. The predicted octanol–water partition coefficient (Wildman–Crippen LogP) is 3.02. The number of ether oxygens (including phenoxy) is 1. The molecule has 0 aliphatic rings. The second kappa shape index (κ2) is 15.9. The summed E-state index contributed by atoms with van der Waals surface area (Å²) in [5, 5.41) is 24.6. The maximum Gasteiger partial charge on any atom is 0.331 e. The van der Waals surface area contributed by atoms with Crippen LogP contribution in [0.4, 0.5) is 0 Å². The van der Waals surface area contributed by atoms with Crippen LogP contribution < -0.4 is 0 Å². The van der Waals surface area contributed by atoms with Crippen LogP contribution in [0.5, 0.6) is 0 Å². The molecule has 8 nitrogen and oxygen atoms in total. The van der Waals surface area contributed by atoms with Crippen molar-refractivity contribution < 1.29 is 39.2 Å². The molecule has 0 aromatic rings. The fraction of sp³-hybridized carbons (Fsp3) is 0.556. The molecule has 0 atom stereocenters. The summed E-state index contributed by atoms with van der Waals surface area (Å²) in [5.41, 5.74) is -0.430. The first kappa shape index (κ1) is 25.6. The van der Waals surface area contributed by atoms with Gasteiger partial charge in [-0.3, -0.25) is 9.59 Å². The molecule has 0 saturated heterocycles. The number of aliphatic carboxylic acids is 3. The van der Waals surface area contributed by atoms with Crippen LogP contribution in [-0.2, 0) is 23.9 Å². The van der Waals surface area contributed by atoms with Crippen molar-refractivity contribution in [2.75, 3.05) is 6.61 Å². The summed E-state index contributed by atoms with van der Waals surface area (Å²) in [6.07, 6.45) is 6.00. The average molecular weight is 372 g/mol. The van der Waals surface area contributed by atoms with Gasteiger partial charge in [0.05, 0.1) is 19.4 Å². The zero-order chi connectivity index (χ0) is 20.5. The monoisotopic (exact) mass is 372 g/mol. The van der Waals surface area contributed by atoms with E-state index in [0.717, 1.165) is 19.3 Å². The van der Waals surface area contributed by atoms with Gasteiger partial charge in [0, 0.05) is 11.1 Å². The SMILES string of the molecule is C=C(CC(=O)O)C(=O)O.C=C(CC(=O)OCCCCCCCC)C(=O)O. The second-order valence-electron chi connectivity index (χ2n) is 5.55. The molecular weight excluding hydrogens is 344 g/mol. The Morgan fingerprint density at radius 3 is 1.65 bits per heavy atom. The van der Waals surface area contributed by atoms with Crippen LogP contribution >= 0.6 is 0 Å². The van der Waals surface area contributed by atoms with Gasteiger partial charge in [-0.25, -0.2) is 9.59 Å². The molecule has 0 spiro atoms. The van der Waals surface area contributed by atoms with E-state index in [0.29, 0.717) is 6.61 Å². The largest absolute Gasteiger partial charge is 0.481 e. The Balaban J connectivity index is 0. The number of rotatable bonds is 13. The van der Waals surface area contributed by atoms with Gasteiger partial charge < -0.3 is 20.1 Å². The van der Waals surface area contributed by atoms with Crippen molar-refractivity contribution in [3.05, 3.63) is 24.3 Å². The lowest BCUT2D eigenvalue weighted by Crippen LogP contribution is -2.10. The molecule has 0 fully saturated rings. The van der Waals surface area contributed by atoms with Gasteiger partial charge in [-0.05, 0) is 6.42 Å². The van der Waals surface area contributed by atoms with Gasteiger partial charge in [-0.15, -0.1) is 0 Å². The molecule has 0 aliphatic carbocycles. The molecule has 0 saturated carbocycles. The van der Waals surface area contributed by atoms with Crippen LogP contribution in [0.2, 0.25) is 0 Å². The van der Waals surface area contributed by atoms with Gasteiger partial charge in [-0.2, -0.15) is 0 Å². The van der Waals surface area contributed by atoms with E-state index in [9.17, 15) is 19.2 Å². The molecule has 148 valence electrons. The molecule has 0 bridgehead atoms. The zero-order valence-corrected chi connectivity index (χ0v) is 15.2. The minimum absolute atomic E-state index is 0.127. The lowest BCUT2D eigenvalue weighted by Gasteiger charge is -2.04. The summed E-state index contributed by atoms with van der Waals surface area (Å²) in [6, 6.07) is 0. The third kappa shape index (κ3) is 17.7. The maximum atomic E-state index is 11.1. The Morgan fingerprint density at radius 1 is 0.769 bits per heavy atom. The van der Waals surface area contributed by atoms with Crippen LogP contribution in [0.15, 0.2) is 24.3 Å². The fourth-order valence-electron chi connectivity index (χ4n) is 1.63. The van der Waals surface area contributed by atoms with Gasteiger partial charge in [0.15, 0.2) is 0 Å². The van der Waals surface area contributed by atoms with E-state index in [1.54, 1.807) is 0 Å². The highest BCUT2D eigenvalue weighted by molar-refractivity contribution is 5.92. The lowest BCUT2D eigenvalue weighted by molar-refractivity contribution is -0.144. The van der Waals surface area contributed by atoms with Gasteiger partial charge in [-0.1, -0.05) is 52.2 Å². The molecule has 8 heteroatoms. The van der Waals surface area contributed by atoms with Crippen LogP contribution in [0, 0.1) is 0 Å². The van der Waals surface area contributed by atoms with E-state index in [4.69, 9.17) is 20.1 Å². The van der Waals surface area contributed by atoms with E-state index in [1.807, 2.05) is 0 Å². The number of hydrogen-bond donors (Lipinski definition) is 3. The van der Waals surface area contributed by atoms with Gasteiger partial charge in [0.2, 0.25) is 0 Å². The highest BCUT2D eigenvalue weighted by Gasteiger charge is 2.10. The van der Waals surface area contributed by atoms with Gasteiger partial charge in [0.25, 0.3) is 0 Å². The second-order valence-corrected chi connectivity index (χ2v) is 5.55. The summed E-state index contributed by atoms with van der Waals surface area (Å²) in [4.78, 5) is 41.2. The van der Waals surface area contributed by atoms with Crippen molar-refractivity contribution in [2.24, 2.45) is 0 Å². The van der Waals surface area contributed by atoms with Crippen LogP contribution in [0.25, 0.3) is 0 Å². The van der Waals surface area contributed by atoms with Crippen LogP contribution in [0.3, 0.4) is 0 Å². The van der Waals surface area contributed by atoms with Crippen molar-refractivity contribution in [3.8, 4) is 0 Å². The Hall–Kier alpha value is -2.64. The molecule has 0 amide bonds. The summed E-state index contributed by atoms with van der Waals surface area (Å²) in [6.45, 7) is 8.82. The highest BCUT2D eigenvalue weighted by Crippen LogP contribution is 2.06. The Morgan fingerprint density at radius 2 is 1.23 bits per heavy atom. The Labute approximate surface area is 153 Å². The molecule has 0 heterocycles. The molecule has 0 aromatic carbocycles. The number of carboxylic acids is 3. The molecule has 3 N–H and O–H groups in total. The van der Waals surface area contributed by atoms with E-state index >= 15 is 0 Å². The molecule has 0 rings (SSSR count). The lowest BCUT2D eigenvalue weighted by atomic mass is 10.1. The van der Waals surface area contributed by atoms with Crippen molar-refractivity contribution >= 4 is 23.9 Å². The predicted molar refractivity (Wildman–Crippen MR) is 94.8 cm³/mol. The summed E-state index contributed by atoms with van der Waals surface area (Å²) in [5.74, 6) is -4.10. The first-order valence-electron chi connectivity index (χ1n) is 8.31. The normalized spacial score (nSPS) is 9.42. The number of unbranched alkanes of at least 4 members (excludes halogenated alkanes) is 5. The van der Waals surface area contributed by atoms with Crippen LogP contribution in [-0.4, -0.2) is 45.8 Å². The molecule has 0 radical (unpaired) electrons. The van der Waals surface area contributed by atoms with E-state index in [2.05, 4.69) is 20.1 Å². The van der Waals surface area contributed by atoms with Gasteiger partial charge in [0.1, 0.15) is 0 Å². The Bertz CT molecular complexity index is 507. The van der Waals surface area contributed by atoms with Crippen molar-refractivity contribution in [1.29, 1.82) is 0 Å². The standard InChI is InChI=1S/C13H22O4.C5H6O4/c1-3-4-5-6-7-8-9-17-12(14)10-11(2)13(15)16;1-3(5(8)9)2-4(6)7/h2-10H2,1H3,(H,15,16);1-2H2,(H,6,7)(H,8,9). The maximum absolute atomic E-state index is 11.1. The first-order chi connectivity index (χ1) is 12.1. The molecular formula is C18H28O8. The van der Waals surface area contributed by atoms with E-state index < -0.39 is 30.3 Å². The minimum Gasteiger partial charge on any atom is -0.481 e. The van der Waals surface area contributed by atoms with E-state index in [1.165, 1.54) is 19.3 Å². The fourth-order valence-corrected chi connectivity index (χ4v) is 1.63. The first-order valence-corrected chi connectivity index (χ1v) is 8.31. The van der Waals surface area contributed by atoms with E-state index in [-0.39, 0.29) is 17.6 Å². The molecule has 0 aliphatic heterocycles. The molecule has 0 aromatic heterocycles. The summed E-state index contributed by atoms with van der Waals surface area (Å²) >= 11 is 0. The number of hydrogen-bond acceptors (Lipinski definition) is 5. The number of carbonyl (C=O) groups is 4. The van der Waals surface area contributed by atoms with Gasteiger partial charge >= 0.3 is 23.9 Å². The quantitative estimate of drug-likeness (QED) is 0.255. The summed E-state index contributed by atoms with van der Waals surface area (Å²) < 4.78 is 4.91. The topological polar surface area (TPSA) is 138 Å². The smallest absolute Gasteiger partial charge is 0.331 e. The molecule has 26 heavy (non-hydrogen) atoms. The highest BCUT2D eigenvalue weighted by atomic mass is 16.5. The number of carboxylic acid groups (broad SMARTS) is 3. The average Bonchev–Trinajstić information content (AvgIpc) is 2.53. The summed E-state index contributed by atoms with van der Waals surface area (Å²) in [7, 11) is 0. The van der Waals surface area contributed by atoms with Crippen LogP contribution in [0.1, 0.15) is 58.3 Å². The Kier molecular flexibility index (Phi) is 15.6. The third-order valence-electron chi connectivity index (χ3n) is 3.09. The number of esters is 1.